The van der Waals surface area contributed by atoms with E-state index in [1.165, 1.54) is 38.8 Å². The van der Waals surface area contributed by atoms with Crippen LogP contribution < -0.4 is 20.6 Å². The summed E-state index contributed by atoms with van der Waals surface area (Å²) in [6, 6.07) is 53.3. The van der Waals surface area contributed by atoms with Crippen molar-refractivity contribution in [3.63, 3.8) is 0 Å². The van der Waals surface area contributed by atoms with Crippen molar-refractivity contribution < 1.29 is 8.83 Å². The van der Waals surface area contributed by atoms with Crippen LogP contribution in [0.1, 0.15) is 58.2 Å². The highest BCUT2D eigenvalue weighted by molar-refractivity contribution is 6.95. The lowest BCUT2D eigenvalue weighted by Gasteiger charge is -2.44. The number of rotatable bonds is 3. The summed E-state index contributed by atoms with van der Waals surface area (Å²) < 4.78 is 14.1. The maximum atomic E-state index is 7.19. The summed E-state index contributed by atoms with van der Waals surface area (Å²) >= 11 is 0. The monoisotopic (exact) mass is 752 g/mol. The molecule has 2 aliphatic rings. The number of anilines is 5. The van der Waals surface area contributed by atoms with Crippen LogP contribution in [0, 0.1) is 6.92 Å². The van der Waals surface area contributed by atoms with E-state index in [0.717, 1.165) is 72.6 Å². The van der Waals surface area contributed by atoms with E-state index >= 15 is 0 Å². The van der Waals surface area contributed by atoms with Crippen LogP contribution in [0.25, 0.3) is 55.2 Å². The molecule has 0 bridgehead atoms. The van der Waals surface area contributed by atoms with E-state index in [0.29, 0.717) is 0 Å². The van der Waals surface area contributed by atoms with Crippen LogP contribution in [-0.2, 0) is 10.8 Å². The molecule has 0 saturated heterocycles. The number of nitrogens with zero attached hydrogens (tertiary/aromatic N) is 2. The van der Waals surface area contributed by atoms with Crippen LogP contribution in [0.3, 0.4) is 0 Å². The van der Waals surface area contributed by atoms with E-state index < -0.39 is 0 Å². The maximum absolute atomic E-state index is 7.19. The van der Waals surface area contributed by atoms with Crippen molar-refractivity contribution in [3.8, 4) is 22.3 Å². The van der Waals surface area contributed by atoms with Gasteiger partial charge in [0.25, 0.3) is 0 Å². The summed E-state index contributed by atoms with van der Waals surface area (Å²) in [6.07, 6.45) is 0. The fourth-order valence-corrected chi connectivity index (χ4v) is 9.51. The summed E-state index contributed by atoms with van der Waals surface area (Å²) in [5.41, 5.74) is 17.9. The van der Waals surface area contributed by atoms with Crippen molar-refractivity contribution in [2.45, 2.75) is 59.3 Å². The molecule has 4 nitrogen and oxygen atoms in total. The van der Waals surface area contributed by atoms with Crippen molar-refractivity contribution in [2.24, 2.45) is 0 Å². The molecule has 11 rings (SSSR count). The summed E-state index contributed by atoms with van der Waals surface area (Å²) in [5, 5.41) is 3.34. The Morgan fingerprint density at radius 3 is 1.88 bits per heavy atom. The van der Waals surface area contributed by atoms with Crippen LogP contribution in [0.15, 0.2) is 154 Å². The van der Waals surface area contributed by atoms with Crippen LogP contribution in [0.4, 0.5) is 28.6 Å². The Balaban J connectivity index is 1.28. The van der Waals surface area contributed by atoms with E-state index in [4.69, 9.17) is 8.83 Å². The number of fused-ring (bicyclic) bond motifs is 10. The van der Waals surface area contributed by atoms with Crippen molar-refractivity contribution in [3.05, 3.63) is 162 Å². The first-order valence-corrected chi connectivity index (χ1v) is 20.5. The average Bonchev–Trinajstić information content (AvgIpc) is 3.79. The van der Waals surface area contributed by atoms with E-state index in [9.17, 15) is 0 Å². The molecule has 0 saturated carbocycles. The quantitative estimate of drug-likeness (QED) is 0.168. The Kier molecular flexibility index (Phi) is 7.36. The van der Waals surface area contributed by atoms with Gasteiger partial charge in [-0.25, -0.2) is 0 Å². The molecular formula is C53H45BN2O2. The van der Waals surface area contributed by atoms with Crippen LogP contribution >= 0.6 is 0 Å². The largest absolute Gasteiger partial charge is 0.454 e. The van der Waals surface area contributed by atoms with Gasteiger partial charge in [-0.15, -0.1) is 0 Å². The normalized spacial score (nSPS) is 13.7. The topological polar surface area (TPSA) is 32.8 Å². The van der Waals surface area contributed by atoms with Crippen LogP contribution in [0.2, 0.25) is 0 Å². The molecular weight excluding hydrogens is 707 g/mol. The molecule has 0 radical (unpaired) electrons. The van der Waals surface area contributed by atoms with Crippen molar-refractivity contribution in [1.29, 1.82) is 0 Å². The molecule has 7 aromatic carbocycles. The lowest BCUT2D eigenvalue weighted by molar-refractivity contribution is 0.590. The Morgan fingerprint density at radius 1 is 0.500 bits per heavy atom. The number of furan rings is 2. The third kappa shape index (κ3) is 5.08. The first-order valence-electron chi connectivity index (χ1n) is 20.5. The minimum absolute atomic E-state index is 0.0138. The summed E-state index contributed by atoms with van der Waals surface area (Å²) in [4.78, 5) is 4.96. The SMILES string of the molecule is Cc1cc2c3c(c1)N(c1ccc(C(C)(C)C)cc1-c1ccccc1)c1oc4ccccc4c1B3N(c1ccc(C(C)(C)C)cc1)c1c-2ccc2c1oc1ccccc12. The summed E-state index contributed by atoms with van der Waals surface area (Å²) in [7, 11) is 0. The van der Waals surface area contributed by atoms with Gasteiger partial charge in [0.15, 0.2) is 5.58 Å². The standard InChI is InChI=1S/C53H45BN2O2/c1-32-29-42-38-26-27-39-37-17-11-13-19-45(37)57-50(39)49(38)56(36-24-21-34(22-25-36)52(2,3)4)54-47(42)44(30-32)55(51-48(54)40-18-12-14-20-46(40)58-51)43-28-23-35(53(5,6)7)31-41(43)33-15-9-8-10-16-33/h8-31H,1-7H3. The van der Waals surface area contributed by atoms with Crippen LogP contribution in [-0.4, -0.2) is 6.85 Å². The highest BCUT2D eigenvalue weighted by Gasteiger charge is 2.49. The number of hydrogen-bond acceptors (Lipinski definition) is 4. The third-order valence-corrected chi connectivity index (χ3v) is 12.4. The van der Waals surface area contributed by atoms with Gasteiger partial charge in [-0.3, -0.25) is 4.90 Å². The minimum Gasteiger partial charge on any atom is -0.454 e. The third-order valence-electron chi connectivity index (χ3n) is 12.4. The molecule has 2 aromatic heterocycles. The molecule has 0 spiro atoms. The van der Waals surface area contributed by atoms with Gasteiger partial charge < -0.3 is 13.6 Å². The number of hydrogen-bond donors (Lipinski definition) is 0. The van der Waals surface area contributed by atoms with E-state index in [1.807, 2.05) is 0 Å². The molecule has 0 fully saturated rings. The molecule has 4 heterocycles. The first-order chi connectivity index (χ1) is 28.0. The molecule has 0 N–H and O–H groups in total. The fourth-order valence-electron chi connectivity index (χ4n) is 9.51. The maximum Gasteiger partial charge on any atom is 0.337 e. The average molecular weight is 753 g/mol. The van der Waals surface area contributed by atoms with Gasteiger partial charge in [-0.2, -0.15) is 0 Å². The van der Waals surface area contributed by atoms with E-state index in [2.05, 4.69) is 204 Å². The van der Waals surface area contributed by atoms with Crippen molar-refractivity contribution in [1.82, 2.24) is 0 Å². The second-order valence-corrected chi connectivity index (χ2v) is 18.3. The number of aryl methyl sites for hydroxylation is 1. The van der Waals surface area contributed by atoms with Gasteiger partial charge in [-0.1, -0.05) is 139 Å². The first kappa shape index (κ1) is 34.8. The number of para-hydroxylation sites is 2. The van der Waals surface area contributed by atoms with Gasteiger partial charge in [0.2, 0.25) is 5.88 Å². The van der Waals surface area contributed by atoms with Crippen molar-refractivity contribution >= 4 is 79.3 Å². The lowest BCUT2D eigenvalue weighted by atomic mass is 9.43. The molecule has 282 valence electrons. The van der Waals surface area contributed by atoms with Crippen LogP contribution in [0.5, 0.6) is 0 Å². The summed E-state index contributed by atoms with van der Waals surface area (Å²) in [6.45, 7) is 15.7. The fraction of sp³-hybridized carbons (Fsp3) is 0.170. The Hall–Kier alpha value is -6.46. The Morgan fingerprint density at radius 2 is 1.16 bits per heavy atom. The van der Waals surface area contributed by atoms with E-state index in [-0.39, 0.29) is 17.7 Å². The van der Waals surface area contributed by atoms with Gasteiger partial charge >= 0.3 is 6.85 Å². The molecule has 9 aromatic rings. The number of benzene rings is 7. The Bertz CT molecular complexity index is 3100. The zero-order valence-electron chi connectivity index (χ0n) is 34.1. The molecule has 2 aliphatic heterocycles. The predicted molar refractivity (Wildman–Crippen MR) is 245 cm³/mol. The Labute approximate surface area is 340 Å². The zero-order valence-corrected chi connectivity index (χ0v) is 34.1. The van der Waals surface area contributed by atoms with E-state index in [1.54, 1.807) is 0 Å². The second-order valence-electron chi connectivity index (χ2n) is 18.3. The lowest BCUT2D eigenvalue weighted by Crippen LogP contribution is -2.61. The summed E-state index contributed by atoms with van der Waals surface area (Å²) in [5.74, 6) is 0.840. The predicted octanol–water partition coefficient (Wildman–Crippen LogP) is 13.6. The molecule has 0 atom stereocenters. The minimum atomic E-state index is -0.221. The van der Waals surface area contributed by atoms with Crippen molar-refractivity contribution in [2.75, 3.05) is 9.71 Å². The molecule has 0 aliphatic carbocycles. The van der Waals surface area contributed by atoms with Gasteiger partial charge in [0.1, 0.15) is 11.2 Å². The highest BCUT2D eigenvalue weighted by atomic mass is 16.4. The highest BCUT2D eigenvalue weighted by Crippen LogP contribution is 2.53. The molecule has 0 amide bonds. The van der Waals surface area contributed by atoms with Gasteiger partial charge in [-0.05, 0) is 99.6 Å². The molecule has 58 heavy (non-hydrogen) atoms. The van der Waals surface area contributed by atoms with Gasteiger partial charge in [0, 0.05) is 44.1 Å². The smallest absolute Gasteiger partial charge is 0.337 e. The molecule has 5 heteroatoms. The molecule has 0 unspecified atom stereocenters. The second kappa shape index (κ2) is 12.3. The zero-order chi connectivity index (χ0) is 39.7. The van der Waals surface area contributed by atoms with Gasteiger partial charge in [0.05, 0.1) is 11.4 Å².